The summed E-state index contributed by atoms with van der Waals surface area (Å²) in [5.74, 6) is 0.727. The van der Waals surface area contributed by atoms with Crippen molar-refractivity contribution in [2.75, 3.05) is 13.2 Å². The van der Waals surface area contributed by atoms with Crippen molar-refractivity contribution < 1.29 is 5.11 Å². The molecule has 0 bridgehead atoms. The summed E-state index contributed by atoms with van der Waals surface area (Å²) in [6, 6.07) is 0.537. The van der Waals surface area contributed by atoms with Gasteiger partial charge < -0.3 is 10.4 Å². The predicted octanol–water partition coefficient (Wildman–Crippen LogP) is 1.39. The van der Waals surface area contributed by atoms with Gasteiger partial charge in [-0.25, -0.2) is 0 Å². The van der Waals surface area contributed by atoms with Crippen LogP contribution in [0.4, 0.5) is 0 Å². The van der Waals surface area contributed by atoms with E-state index < -0.39 is 0 Å². The van der Waals surface area contributed by atoms with Crippen molar-refractivity contribution in [2.24, 2.45) is 11.3 Å². The van der Waals surface area contributed by atoms with E-state index in [4.69, 9.17) is 5.11 Å². The van der Waals surface area contributed by atoms with Gasteiger partial charge in [-0.3, -0.25) is 0 Å². The Balaban J connectivity index is 2.52. The molecule has 1 rings (SSSR count). The zero-order chi connectivity index (χ0) is 9.19. The minimum Gasteiger partial charge on any atom is -0.396 e. The van der Waals surface area contributed by atoms with E-state index in [0.717, 1.165) is 18.9 Å². The number of aliphatic hydroxyl groups is 1. The molecule has 0 spiro atoms. The van der Waals surface area contributed by atoms with Crippen LogP contribution in [0, 0.1) is 11.3 Å². The molecule has 1 aliphatic rings. The summed E-state index contributed by atoms with van der Waals surface area (Å²) in [4.78, 5) is 0. The molecule has 0 aromatic rings. The third-order valence-electron chi connectivity index (χ3n) is 2.90. The number of aliphatic hydroxyl groups excluding tert-OH is 1. The van der Waals surface area contributed by atoms with E-state index in [-0.39, 0.29) is 0 Å². The van der Waals surface area contributed by atoms with Crippen LogP contribution in [0.2, 0.25) is 0 Å². The summed E-state index contributed by atoms with van der Waals surface area (Å²) in [6.45, 7) is 8.29. The summed E-state index contributed by atoms with van der Waals surface area (Å²) < 4.78 is 0. The average Bonchev–Trinajstić information content (AvgIpc) is 2.34. The minimum atomic E-state index is 0.310. The van der Waals surface area contributed by atoms with Crippen LogP contribution < -0.4 is 5.32 Å². The molecule has 0 radical (unpaired) electrons. The Morgan fingerprint density at radius 3 is 2.58 bits per heavy atom. The predicted molar refractivity (Wildman–Crippen MR) is 51.1 cm³/mol. The van der Waals surface area contributed by atoms with Crippen molar-refractivity contribution in [2.45, 2.75) is 39.7 Å². The van der Waals surface area contributed by atoms with Crippen LogP contribution >= 0.6 is 0 Å². The molecule has 2 nitrogen and oxygen atoms in total. The molecule has 0 aliphatic carbocycles. The Labute approximate surface area is 75.4 Å². The summed E-state index contributed by atoms with van der Waals surface area (Å²) in [7, 11) is 0. The fourth-order valence-electron chi connectivity index (χ4n) is 2.25. The van der Waals surface area contributed by atoms with Crippen LogP contribution in [-0.4, -0.2) is 24.3 Å². The van der Waals surface area contributed by atoms with Crippen molar-refractivity contribution >= 4 is 0 Å². The first kappa shape index (κ1) is 10.0. The molecule has 2 N–H and O–H groups in total. The number of hydrogen-bond acceptors (Lipinski definition) is 2. The number of hydrogen-bond donors (Lipinski definition) is 2. The van der Waals surface area contributed by atoms with Gasteiger partial charge in [-0.15, -0.1) is 0 Å². The third-order valence-corrected chi connectivity index (χ3v) is 2.90. The van der Waals surface area contributed by atoms with Crippen molar-refractivity contribution in [3.05, 3.63) is 0 Å². The normalized spacial score (nSPS) is 31.0. The molecule has 0 aromatic heterocycles. The Bertz CT molecular complexity index is 139. The molecular weight excluding hydrogens is 150 g/mol. The highest BCUT2D eigenvalue weighted by atomic mass is 16.3. The molecule has 1 fully saturated rings. The van der Waals surface area contributed by atoms with E-state index >= 15 is 0 Å². The molecule has 1 aliphatic heterocycles. The van der Waals surface area contributed by atoms with Gasteiger partial charge in [0.05, 0.1) is 0 Å². The Morgan fingerprint density at radius 1 is 1.42 bits per heavy atom. The zero-order valence-corrected chi connectivity index (χ0v) is 8.43. The molecule has 2 atom stereocenters. The monoisotopic (exact) mass is 171 g/mol. The smallest absolute Gasteiger partial charge is 0.0445 e. The summed E-state index contributed by atoms with van der Waals surface area (Å²) in [5.41, 5.74) is 0.378. The molecule has 0 amide bonds. The number of nitrogens with one attached hydrogen (secondary N) is 1. The lowest BCUT2D eigenvalue weighted by Gasteiger charge is -2.31. The van der Waals surface area contributed by atoms with Gasteiger partial charge in [0.2, 0.25) is 0 Å². The van der Waals surface area contributed by atoms with E-state index in [1.54, 1.807) is 0 Å². The van der Waals surface area contributed by atoms with Crippen LogP contribution in [-0.2, 0) is 0 Å². The van der Waals surface area contributed by atoms with E-state index in [1.807, 2.05) is 0 Å². The highest BCUT2D eigenvalue weighted by Gasteiger charge is 2.34. The summed E-state index contributed by atoms with van der Waals surface area (Å²) >= 11 is 0. The lowest BCUT2D eigenvalue weighted by molar-refractivity contribution is 0.184. The van der Waals surface area contributed by atoms with Crippen molar-refractivity contribution in [1.29, 1.82) is 0 Å². The first-order valence-corrected chi connectivity index (χ1v) is 4.90. The number of rotatable bonds is 2. The fraction of sp³-hybridized carbons (Fsp3) is 1.00. The van der Waals surface area contributed by atoms with Gasteiger partial charge in [0, 0.05) is 12.6 Å². The molecule has 72 valence electrons. The molecule has 2 heteroatoms. The van der Waals surface area contributed by atoms with Gasteiger partial charge in [0.25, 0.3) is 0 Å². The zero-order valence-electron chi connectivity index (χ0n) is 8.43. The maximum atomic E-state index is 8.87. The van der Waals surface area contributed by atoms with Crippen LogP contribution in [0.25, 0.3) is 0 Å². The van der Waals surface area contributed by atoms with Gasteiger partial charge in [-0.05, 0) is 30.7 Å². The lowest BCUT2D eigenvalue weighted by Crippen LogP contribution is -2.34. The molecule has 12 heavy (non-hydrogen) atoms. The van der Waals surface area contributed by atoms with Crippen molar-refractivity contribution in [3.63, 3.8) is 0 Å². The molecule has 0 aromatic carbocycles. The van der Waals surface area contributed by atoms with E-state index in [9.17, 15) is 0 Å². The van der Waals surface area contributed by atoms with Crippen LogP contribution in [0.3, 0.4) is 0 Å². The fourth-order valence-corrected chi connectivity index (χ4v) is 2.25. The van der Waals surface area contributed by atoms with Gasteiger partial charge in [0.15, 0.2) is 0 Å². The maximum Gasteiger partial charge on any atom is 0.0445 e. The van der Waals surface area contributed by atoms with Crippen LogP contribution in [0.5, 0.6) is 0 Å². The molecule has 1 saturated heterocycles. The van der Waals surface area contributed by atoms with Crippen LogP contribution in [0.15, 0.2) is 0 Å². The third kappa shape index (κ3) is 2.20. The highest BCUT2D eigenvalue weighted by molar-refractivity contribution is 4.90. The minimum absolute atomic E-state index is 0.310. The van der Waals surface area contributed by atoms with Crippen molar-refractivity contribution in [3.8, 4) is 0 Å². The van der Waals surface area contributed by atoms with Gasteiger partial charge >= 0.3 is 0 Å². The first-order valence-electron chi connectivity index (χ1n) is 4.90. The molecule has 2 unspecified atom stereocenters. The molecular formula is C10H21NO. The van der Waals surface area contributed by atoms with Gasteiger partial charge in [-0.1, -0.05) is 20.8 Å². The van der Waals surface area contributed by atoms with Crippen molar-refractivity contribution in [1.82, 2.24) is 5.32 Å². The van der Waals surface area contributed by atoms with E-state index in [1.165, 1.54) is 6.42 Å². The largest absolute Gasteiger partial charge is 0.396 e. The van der Waals surface area contributed by atoms with Crippen LogP contribution in [0.1, 0.15) is 33.6 Å². The second kappa shape index (κ2) is 3.75. The molecule has 1 heterocycles. The SMILES string of the molecule is CC(C)(C)C1CCNC1CCO. The van der Waals surface area contributed by atoms with Gasteiger partial charge in [-0.2, -0.15) is 0 Å². The quantitative estimate of drug-likeness (QED) is 0.658. The topological polar surface area (TPSA) is 32.3 Å². The standard InChI is InChI=1S/C10H21NO/c1-10(2,3)8-4-6-11-9(8)5-7-12/h8-9,11-12H,4-7H2,1-3H3. The van der Waals surface area contributed by atoms with Gasteiger partial charge in [0.1, 0.15) is 0 Å². The highest BCUT2D eigenvalue weighted by Crippen LogP contribution is 2.35. The van der Waals surface area contributed by atoms with E-state index in [2.05, 4.69) is 26.1 Å². The van der Waals surface area contributed by atoms with E-state index in [0.29, 0.717) is 18.1 Å². The second-order valence-electron chi connectivity index (χ2n) is 4.83. The first-order chi connectivity index (χ1) is 5.55. The maximum absolute atomic E-state index is 8.87. The Hall–Kier alpha value is -0.0800. The Morgan fingerprint density at radius 2 is 2.08 bits per heavy atom. The molecule has 0 saturated carbocycles. The second-order valence-corrected chi connectivity index (χ2v) is 4.83. The lowest BCUT2D eigenvalue weighted by atomic mass is 9.76. The average molecular weight is 171 g/mol. The Kier molecular flexibility index (Phi) is 3.13. The summed E-state index contributed by atoms with van der Waals surface area (Å²) in [5, 5.41) is 12.3. The summed E-state index contributed by atoms with van der Waals surface area (Å²) in [6.07, 6.45) is 2.16.